The first-order valence-corrected chi connectivity index (χ1v) is 7.54. The van der Waals surface area contributed by atoms with Gasteiger partial charge in [-0.3, -0.25) is 9.78 Å². The normalized spacial score (nSPS) is 18.3. The number of benzene rings is 1. The summed E-state index contributed by atoms with van der Waals surface area (Å²) in [6.07, 6.45) is -0.153. The molecule has 1 aliphatic heterocycles. The van der Waals surface area contributed by atoms with Crippen molar-refractivity contribution < 1.29 is 9.53 Å². The summed E-state index contributed by atoms with van der Waals surface area (Å²) in [7, 11) is 0. The maximum Gasteiger partial charge on any atom is 0.219 e. The predicted octanol–water partition coefficient (Wildman–Crippen LogP) is 2.98. The van der Waals surface area contributed by atoms with Crippen LogP contribution in [-0.2, 0) is 9.53 Å². The van der Waals surface area contributed by atoms with E-state index < -0.39 is 0 Å². The summed E-state index contributed by atoms with van der Waals surface area (Å²) in [6.45, 7) is 5.37. The van der Waals surface area contributed by atoms with Crippen LogP contribution in [0.25, 0.3) is 11.1 Å². The molecule has 4 heteroatoms. The summed E-state index contributed by atoms with van der Waals surface area (Å²) in [5.41, 5.74) is 4.14. The van der Waals surface area contributed by atoms with E-state index in [9.17, 15) is 4.79 Å². The van der Waals surface area contributed by atoms with Gasteiger partial charge in [-0.05, 0) is 30.2 Å². The maximum atomic E-state index is 11.6. The van der Waals surface area contributed by atoms with E-state index in [1.807, 2.05) is 30.0 Å². The number of aromatic nitrogens is 1. The van der Waals surface area contributed by atoms with Gasteiger partial charge in [-0.25, -0.2) is 0 Å². The standard InChI is InChI=1S/C18H20N2O2/c1-13-10-16(15-6-4-3-5-7-15)11-17(19-13)18-12-20(14(2)21)8-9-22-18/h3-7,10-11,18H,8-9,12H2,1-2H3. The Hall–Kier alpha value is -2.20. The number of amides is 1. The Labute approximate surface area is 130 Å². The first-order valence-electron chi connectivity index (χ1n) is 7.54. The van der Waals surface area contributed by atoms with Crippen LogP contribution >= 0.6 is 0 Å². The van der Waals surface area contributed by atoms with Crippen LogP contribution < -0.4 is 0 Å². The van der Waals surface area contributed by atoms with Crippen molar-refractivity contribution in [3.8, 4) is 11.1 Å². The minimum absolute atomic E-state index is 0.0873. The molecule has 2 aromatic rings. The Morgan fingerprint density at radius 3 is 2.73 bits per heavy atom. The van der Waals surface area contributed by atoms with Crippen LogP contribution in [0.15, 0.2) is 42.5 Å². The second-order valence-corrected chi connectivity index (χ2v) is 5.61. The molecule has 1 aromatic heterocycles. The van der Waals surface area contributed by atoms with E-state index in [0.29, 0.717) is 19.7 Å². The molecule has 2 heterocycles. The lowest BCUT2D eigenvalue weighted by Gasteiger charge is -2.32. The van der Waals surface area contributed by atoms with Crippen LogP contribution in [0.3, 0.4) is 0 Å². The lowest BCUT2D eigenvalue weighted by molar-refractivity contribution is -0.136. The van der Waals surface area contributed by atoms with Gasteiger partial charge in [0.05, 0.1) is 18.8 Å². The molecule has 1 aliphatic rings. The zero-order valence-electron chi connectivity index (χ0n) is 13.0. The van der Waals surface area contributed by atoms with Crippen molar-refractivity contribution in [2.75, 3.05) is 19.7 Å². The number of carbonyl (C=O) groups excluding carboxylic acids is 1. The highest BCUT2D eigenvalue weighted by Crippen LogP contribution is 2.26. The van der Waals surface area contributed by atoms with Gasteiger partial charge in [0.15, 0.2) is 0 Å². The van der Waals surface area contributed by atoms with Crippen LogP contribution in [0.2, 0.25) is 0 Å². The van der Waals surface area contributed by atoms with Crippen molar-refractivity contribution in [3.63, 3.8) is 0 Å². The molecule has 4 nitrogen and oxygen atoms in total. The molecule has 1 aromatic carbocycles. The molecule has 0 saturated carbocycles. The first-order chi connectivity index (χ1) is 10.6. The third kappa shape index (κ3) is 3.17. The average molecular weight is 296 g/mol. The minimum Gasteiger partial charge on any atom is -0.368 e. The lowest BCUT2D eigenvalue weighted by atomic mass is 10.0. The Kier molecular flexibility index (Phi) is 4.20. The number of nitrogens with zero attached hydrogens (tertiary/aromatic N) is 2. The van der Waals surface area contributed by atoms with Gasteiger partial charge in [0.2, 0.25) is 5.91 Å². The summed E-state index contributed by atoms with van der Waals surface area (Å²) in [5.74, 6) is 0.0873. The summed E-state index contributed by atoms with van der Waals surface area (Å²) in [4.78, 5) is 18.0. The molecule has 0 N–H and O–H groups in total. The van der Waals surface area contributed by atoms with Gasteiger partial charge in [0, 0.05) is 19.2 Å². The number of rotatable bonds is 2. The van der Waals surface area contributed by atoms with E-state index in [2.05, 4.69) is 29.2 Å². The van der Waals surface area contributed by atoms with Crippen LogP contribution in [0, 0.1) is 6.92 Å². The Balaban J connectivity index is 1.91. The molecule has 3 rings (SSSR count). The fourth-order valence-corrected chi connectivity index (χ4v) is 2.77. The van der Waals surface area contributed by atoms with Gasteiger partial charge in [0.1, 0.15) is 6.10 Å². The monoisotopic (exact) mass is 296 g/mol. The van der Waals surface area contributed by atoms with Gasteiger partial charge in [-0.1, -0.05) is 30.3 Å². The number of carbonyl (C=O) groups is 1. The lowest BCUT2D eigenvalue weighted by Crippen LogP contribution is -2.41. The molecule has 114 valence electrons. The summed E-state index contributed by atoms with van der Waals surface area (Å²) >= 11 is 0. The summed E-state index contributed by atoms with van der Waals surface area (Å²) in [6, 6.07) is 14.4. The molecule has 0 bridgehead atoms. The molecule has 1 fully saturated rings. The number of ether oxygens (including phenoxy) is 1. The second-order valence-electron chi connectivity index (χ2n) is 5.61. The van der Waals surface area contributed by atoms with Crippen molar-refractivity contribution >= 4 is 5.91 Å². The zero-order chi connectivity index (χ0) is 15.5. The first kappa shape index (κ1) is 14.7. The highest BCUT2D eigenvalue weighted by atomic mass is 16.5. The number of aryl methyl sites for hydroxylation is 1. The number of hydrogen-bond donors (Lipinski definition) is 0. The van der Waals surface area contributed by atoms with E-state index in [0.717, 1.165) is 22.5 Å². The topological polar surface area (TPSA) is 42.4 Å². The average Bonchev–Trinajstić information content (AvgIpc) is 2.55. The predicted molar refractivity (Wildman–Crippen MR) is 85.4 cm³/mol. The largest absolute Gasteiger partial charge is 0.368 e. The van der Waals surface area contributed by atoms with Gasteiger partial charge >= 0.3 is 0 Å². The van der Waals surface area contributed by atoms with Crippen LogP contribution in [0.5, 0.6) is 0 Å². The highest BCUT2D eigenvalue weighted by Gasteiger charge is 2.25. The van der Waals surface area contributed by atoms with E-state index in [4.69, 9.17) is 4.74 Å². The third-order valence-corrected chi connectivity index (χ3v) is 3.92. The summed E-state index contributed by atoms with van der Waals surface area (Å²) < 4.78 is 5.83. The number of hydrogen-bond acceptors (Lipinski definition) is 3. The molecule has 1 atom stereocenters. The molecule has 0 radical (unpaired) electrons. The van der Waals surface area contributed by atoms with Crippen LogP contribution in [-0.4, -0.2) is 35.5 Å². The smallest absolute Gasteiger partial charge is 0.219 e. The van der Waals surface area contributed by atoms with E-state index in [1.54, 1.807) is 6.92 Å². The fraction of sp³-hybridized carbons (Fsp3) is 0.333. The number of morpholine rings is 1. The Morgan fingerprint density at radius 1 is 1.23 bits per heavy atom. The van der Waals surface area contributed by atoms with Crippen LogP contribution in [0.1, 0.15) is 24.4 Å². The van der Waals surface area contributed by atoms with Gasteiger partial charge < -0.3 is 9.64 Å². The fourth-order valence-electron chi connectivity index (χ4n) is 2.77. The SMILES string of the molecule is CC(=O)N1CCOC(c2cc(-c3ccccc3)cc(C)n2)C1. The Morgan fingerprint density at radius 2 is 2.00 bits per heavy atom. The molecule has 0 spiro atoms. The maximum absolute atomic E-state index is 11.6. The van der Waals surface area contributed by atoms with Crippen molar-refractivity contribution in [1.82, 2.24) is 9.88 Å². The minimum atomic E-state index is -0.153. The third-order valence-electron chi connectivity index (χ3n) is 3.92. The van der Waals surface area contributed by atoms with Crippen molar-refractivity contribution in [1.29, 1.82) is 0 Å². The van der Waals surface area contributed by atoms with Crippen LogP contribution in [0.4, 0.5) is 0 Å². The second kappa shape index (κ2) is 6.28. The number of pyridine rings is 1. The molecule has 1 saturated heterocycles. The van der Waals surface area contributed by atoms with E-state index >= 15 is 0 Å². The molecule has 1 amide bonds. The summed E-state index contributed by atoms with van der Waals surface area (Å²) in [5, 5.41) is 0. The van der Waals surface area contributed by atoms with E-state index in [1.165, 1.54) is 0 Å². The zero-order valence-corrected chi connectivity index (χ0v) is 13.0. The Bertz CT molecular complexity index is 670. The van der Waals surface area contributed by atoms with E-state index in [-0.39, 0.29) is 12.0 Å². The molecule has 22 heavy (non-hydrogen) atoms. The van der Waals surface area contributed by atoms with Gasteiger partial charge in [0.25, 0.3) is 0 Å². The molecular formula is C18H20N2O2. The van der Waals surface area contributed by atoms with Gasteiger partial charge in [-0.2, -0.15) is 0 Å². The van der Waals surface area contributed by atoms with Crippen molar-refractivity contribution in [2.45, 2.75) is 20.0 Å². The molecule has 0 aliphatic carbocycles. The van der Waals surface area contributed by atoms with Crippen molar-refractivity contribution in [3.05, 3.63) is 53.9 Å². The molecule has 1 unspecified atom stereocenters. The quantitative estimate of drug-likeness (QED) is 0.855. The van der Waals surface area contributed by atoms with Crippen molar-refractivity contribution in [2.24, 2.45) is 0 Å². The molecular weight excluding hydrogens is 276 g/mol. The van der Waals surface area contributed by atoms with Gasteiger partial charge in [-0.15, -0.1) is 0 Å². The highest BCUT2D eigenvalue weighted by molar-refractivity contribution is 5.73.